The summed E-state index contributed by atoms with van der Waals surface area (Å²) in [5.74, 6) is -0.171. The largest absolute Gasteiger partial charge is 0.497 e. The van der Waals surface area contributed by atoms with Crippen LogP contribution in [0.3, 0.4) is 0 Å². The number of carbonyl (C=O) groups is 2. The van der Waals surface area contributed by atoms with Gasteiger partial charge >= 0.3 is 0 Å². The molecule has 2 amide bonds. The Morgan fingerprint density at radius 1 is 1.13 bits per heavy atom. The number of para-hydroxylation sites is 1. The lowest BCUT2D eigenvalue weighted by molar-refractivity contribution is -0.117. The second-order valence-corrected chi connectivity index (χ2v) is 6.96. The molecule has 0 spiro atoms. The second-order valence-electron chi connectivity index (χ2n) is 6.96. The van der Waals surface area contributed by atoms with E-state index in [9.17, 15) is 9.59 Å². The molecule has 3 N–H and O–H groups in total. The van der Waals surface area contributed by atoms with Crippen LogP contribution >= 0.6 is 0 Å². The summed E-state index contributed by atoms with van der Waals surface area (Å²) in [6.45, 7) is 3.11. The Bertz CT molecular complexity index is 1080. The highest BCUT2D eigenvalue weighted by Gasteiger charge is 2.16. The number of aliphatic hydroxyl groups is 1. The van der Waals surface area contributed by atoms with Gasteiger partial charge in [0.15, 0.2) is 0 Å². The van der Waals surface area contributed by atoms with E-state index in [0.29, 0.717) is 24.3 Å². The molecule has 31 heavy (non-hydrogen) atoms. The van der Waals surface area contributed by atoms with Crippen molar-refractivity contribution >= 4 is 28.8 Å². The summed E-state index contributed by atoms with van der Waals surface area (Å²) in [7, 11) is 1.55. The van der Waals surface area contributed by atoms with Gasteiger partial charge in [-0.2, -0.15) is 0 Å². The van der Waals surface area contributed by atoms with Gasteiger partial charge in [-0.25, -0.2) is 0 Å². The molecule has 2 aromatic carbocycles. The summed E-state index contributed by atoms with van der Waals surface area (Å²) in [5, 5.41) is 15.5. The van der Waals surface area contributed by atoms with E-state index in [1.54, 1.807) is 37.5 Å². The molecule has 0 atom stereocenters. The van der Waals surface area contributed by atoms with Crippen molar-refractivity contribution in [3.63, 3.8) is 0 Å². The molecule has 3 rings (SSSR count). The fourth-order valence-electron chi connectivity index (χ4n) is 3.28. The molecule has 0 aliphatic carbocycles. The van der Waals surface area contributed by atoms with Crippen molar-refractivity contribution in [1.29, 1.82) is 0 Å². The number of nitrogens with one attached hydrogen (secondary N) is 2. The normalized spacial score (nSPS) is 11.4. The number of hydrogen-bond donors (Lipinski definition) is 3. The number of rotatable bonds is 9. The summed E-state index contributed by atoms with van der Waals surface area (Å²) >= 11 is 0. The van der Waals surface area contributed by atoms with Gasteiger partial charge in [0, 0.05) is 47.9 Å². The molecule has 7 nitrogen and oxygen atoms in total. The van der Waals surface area contributed by atoms with Crippen molar-refractivity contribution in [1.82, 2.24) is 15.2 Å². The number of hydrogen-bond acceptors (Lipinski definition) is 4. The number of benzene rings is 2. The van der Waals surface area contributed by atoms with Gasteiger partial charge in [-0.3, -0.25) is 9.59 Å². The first-order chi connectivity index (χ1) is 15.1. The number of carbonyl (C=O) groups excluding carboxylic acids is 2. The molecule has 0 saturated heterocycles. The van der Waals surface area contributed by atoms with E-state index in [4.69, 9.17) is 9.84 Å². The summed E-state index contributed by atoms with van der Waals surface area (Å²) in [4.78, 5) is 25.6. The predicted octanol–water partition coefficient (Wildman–Crippen LogP) is 2.94. The van der Waals surface area contributed by atoms with Gasteiger partial charge in [-0.15, -0.1) is 0 Å². The molecule has 0 bridgehead atoms. The molecule has 7 heteroatoms. The predicted molar refractivity (Wildman–Crippen MR) is 121 cm³/mol. The molecular formula is C24H27N3O4. The van der Waals surface area contributed by atoms with E-state index >= 15 is 0 Å². The SMILES string of the molecule is CCn1cc(C=C(NC(=O)c2ccc(OC)cc2)C(=O)NCCCO)c2ccccc21. The van der Waals surface area contributed by atoms with E-state index in [-0.39, 0.29) is 12.3 Å². The van der Waals surface area contributed by atoms with Crippen molar-refractivity contribution < 1.29 is 19.4 Å². The minimum Gasteiger partial charge on any atom is -0.497 e. The first-order valence-electron chi connectivity index (χ1n) is 10.2. The van der Waals surface area contributed by atoms with Gasteiger partial charge in [0.25, 0.3) is 11.8 Å². The van der Waals surface area contributed by atoms with Crippen molar-refractivity contribution in [2.24, 2.45) is 0 Å². The molecule has 0 unspecified atom stereocenters. The first kappa shape index (κ1) is 22.1. The maximum atomic E-state index is 12.8. The van der Waals surface area contributed by atoms with Gasteiger partial charge in [-0.1, -0.05) is 18.2 Å². The van der Waals surface area contributed by atoms with Crippen LogP contribution in [0.4, 0.5) is 0 Å². The Balaban J connectivity index is 1.94. The summed E-state index contributed by atoms with van der Waals surface area (Å²) in [5.41, 5.74) is 2.43. The fraction of sp³-hybridized carbons (Fsp3) is 0.250. The summed E-state index contributed by atoms with van der Waals surface area (Å²) in [6, 6.07) is 14.6. The molecular weight excluding hydrogens is 394 g/mol. The van der Waals surface area contributed by atoms with E-state index in [2.05, 4.69) is 15.2 Å². The van der Waals surface area contributed by atoms with Crippen LogP contribution in [0.1, 0.15) is 29.3 Å². The highest BCUT2D eigenvalue weighted by atomic mass is 16.5. The zero-order valence-corrected chi connectivity index (χ0v) is 17.7. The Morgan fingerprint density at radius 2 is 1.87 bits per heavy atom. The number of aryl methyl sites for hydroxylation is 1. The number of fused-ring (bicyclic) bond motifs is 1. The average Bonchev–Trinajstić information content (AvgIpc) is 3.16. The standard InChI is InChI=1S/C24H27N3O4/c1-3-27-16-18(20-7-4-5-8-22(20)27)15-21(24(30)25-13-6-14-28)26-23(29)17-9-11-19(31-2)12-10-17/h4-5,7-12,15-16,28H,3,6,13-14H2,1-2H3,(H,25,30)(H,26,29). The van der Waals surface area contributed by atoms with Gasteiger partial charge in [0.2, 0.25) is 0 Å². The van der Waals surface area contributed by atoms with Crippen molar-refractivity contribution in [2.75, 3.05) is 20.3 Å². The van der Waals surface area contributed by atoms with Crippen LogP contribution < -0.4 is 15.4 Å². The fourth-order valence-corrected chi connectivity index (χ4v) is 3.28. The minimum absolute atomic E-state index is 0.0263. The van der Waals surface area contributed by atoms with Crippen LogP contribution in [0.15, 0.2) is 60.4 Å². The van der Waals surface area contributed by atoms with E-state index in [1.165, 1.54) is 0 Å². The van der Waals surface area contributed by atoms with Crippen molar-refractivity contribution in [3.8, 4) is 5.75 Å². The maximum Gasteiger partial charge on any atom is 0.267 e. The molecule has 1 heterocycles. The molecule has 0 fully saturated rings. The lowest BCUT2D eigenvalue weighted by Crippen LogP contribution is -2.35. The van der Waals surface area contributed by atoms with Crippen LogP contribution in [-0.2, 0) is 11.3 Å². The zero-order valence-electron chi connectivity index (χ0n) is 17.7. The van der Waals surface area contributed by atoms with Crippen LogP contribution in [0, 0.1) is 0 Å². The molecule has 3 aromatic rings. The molecule has 0 aliphatic rings. The number of amides is 2. The number of aromatic nitrogens is 1. The molecule has 1 aromatic heterocycles. The van der Waals surface area contributed by atoms with Gasteiger partial charge in [0.05, 0.1) is 7.11 Å². The van der Waals surface area contributed by atoms with Crippen LogP contribution in [0.2, 0.25) is 0 Å². The molecule has 0 radical (unpaired) electrons. The third-order valence-electron chi connectivity index (χ3n) is 4.93. The van der Waals surface area contributed by atoms with Gasteiger partial charge < -0.3 is 25.0 Å². The molecule has 0 aliphatic heterocycles. The quantitative estimate of drug-likeness (QED) is 0.366. The molecule has 162 valence electrons. The smallest absolute Gasteiger partial charge is 0.267 e. The van der Waals surface area contributed by atoms with Crippen molar-refractivity contribution in [2.45, 2.75) is 19.9 Å². The van der Waals surface area contributed by atoms with Gasteiger partial charge in [-0.05, 0) is 49.8 Å². The third kappa shape index (κ3) is 5.32. The number of ether oxygens (including phenoxy) is 1. The summed E-state index contributed by atoms with van der Waals surface area (Å²) in [6.07, 6.45) is 4.08. The minimum atomic E-state index is -0.413. The van der Waals surface area contributed by atoms with E-state index < -0.39 is 11.8 Å². The maximum absolute atomic E-state index is 12.8. The summed E-state index contributed by atoms with van der Waals surface area (Å²) < 4.78 is 7.22. The van der Waals surface area contributed by atoms with Crippen LogP contribution in [-0.4, -0.2) is 41.7 Å². The second kappa shape index (κ2) is 10.4. The Hall–Kier alpha value is -3.58. The van der Waals surface area contributed by atoms with Gasteiger partial charge in [0.1, 0.15) is 11.4 Å². The molecule has 0 saturated carbocycles. The van der Waals surface area contributed by atoms with Crippen LogP contribution in [0.25, 0.3) is 17.0 Å². The number of nitrogens with zero attached hydrogens (tertiary/aromatic N) is 1. The van der Waals surface area contributed by atoms with Crippen LogP contribution in [0.5, 0.6) is 5.75 Å². The monoisotopic (exact) mass is 421 g/mol. The topological polar surface area (TPSA) is 92.6 Å². The average molecular weight is 421 g/mol. The zero-order chi connectivity index (χ0) is 22.2. The highest BCUT2D eigenvalue weighted by molar-refractivity contribution is 6.06. The number of aliphatic hydroxyl groups excluding tert-OH is 1. The van der Waals surface area contributed by atoms with E-state index in [1.807, 2.05) is 37.4 Å². The van der Waals surface area contributed by atoms with E-state index in [0.717, 1.165) is 23.0 Å². The first-order valence-corrected chi connectivity index (χ1v) is 10.2. The lowest BCUT2D eigenvalue weighted by atomic mass is 10.1. The number of methoxy groups -OCH3 is 1. The Labute approximate surface area is 181 Å². The highest BCUT2D eigenvalue weighted by Crippen LogP contribution is 2.23. The lowest BCUT2D eigenvalue weighted by Gasteiger charge is -2.11. The Morgan fingerprint density at radius 3 is 2.55 bits per heavy atom. The third-order valence-corrected chi connectivity index (χ3v) is 4.93. The van der Waals surface area contributed by atoms with Crippen molar-refractivity contribution in [3.05, 3.63) is 71.6 Å². The Kier molecular flexibility index (Phi) is 7.45.